The third-order valence-corrected chi connectivity index (χ3v) is 5.60. The molecule has 0 unspecified atom stereocenters. The molecule has 7 heteroatoms. The van der Waals surface area contributed by atoms with Gasteiger partial charge in [-0.1, -0.05) is 26.0 Å². The van der Waals surface area contributed by atoms with E-state index in [0.717, 1.165) is 0 Å². The van der Waals surface area contributed by atoms with Crippen LogP contribution in [0.2, 0.25) is 0 Å². The fourth-order valence-corrected chi connectivity index (χ4v) is 4.36. The van der Waals surface area contributed by atoms with Gasteiger partial charge in [0.2, 0.25) is 17.7 Å². The SMILES string of the molecule is CC[C@@H](CO)N1C(=O)[C@H]2[C@H](C=C[C@@H](C)[C@H]2C(=O)NC)[C@H]1C(=O)NC(C)(C)C. The van der Waals surface area contributed by atoms with Gasteiger partial charge in [0, 0.05) is 18.5 Å². The van der Waals surface area contributed by atoms with Crippen LogP contribution in [0, 0.1) is 23.7 Å². The molecule has 1 aliphatic heterocycles. The van der Waals surface area contributed by atoms with Gasteiger partial charge >= 0.3 is 0 Å². The predicted octanol–water partition coefficient (Wildman–Crippen LogP) is 0.683. The van der Waals surface area contributed by atoms with Gasteiger partial charge in [-0.3, -0.25) is 14.4 Å². The molecule has 6 atom stereocenters. The van der Waals surface area contributed by atoms with E-state index in [-0.39, 0.29) is 36.2 Å². The van der Waals surface area contributed by atoms with Crippen molar-refractivity contribution in [1.29, 1.82) is 0 Å². The molecule has 3 N–H and O–H groups in total. The minimum atomic E-state index is -0.727. The molecule has 0 aromatic carbocycles. The smallest absolute Gasteiger partial charge is 0.243 e. The molecule has 2 aliphatic rings. The summed E-state index contributed by atoms with van der Waals surface area (Å²) in [5.41, 5.74) is -0.448. The topological polar surface area (TPSA) is 98.7 Å². The van der Waals surface area contributed by atoms with Crippen LogP contribution >= 0.6 is 0 Å². The number of nitrogens with one attached hydrogen (secondary N) is 2. The Hall–Kier alpha value is -1.89. The van der Waals surface area contributed by atoms with Gasteiger partial charge in [0.15, 0.2) is 0 Å². The Kier molecular flexibility index (Phi) is 6.35. The fourth-order valence-electron chi connectivity index (χ4n) is 4.36. The number of hydrogen-bond acceptors (Lipinski definition) is 4. The number of aliphatic hydroxyl groups excluding tert-OH is 1. The second kappa shape index (κ2) is 8.00. The highest BCUT2D eigenvalue weighted by molar-refractivity contribution is 5.97. The normalized spacial score (nSPS) is 31.4. The molecule has 0 aromatic heterocycles. The molecular weight excluding hydrogens is 346 g/mol. The molecule has 7 nitrogen and oxygen atoms in total. The second-order valence-corrected chi connectivity index (χ2v) is 8.66. The van der Waals surface area contributed by atoms with Crippen molar-refractivity contribution in [3.05, 3.63) is 12.2 Å². The Morgan fingerprint density at radius 3 is 2.37 bits per heavy atom. The molecular formula is C20H33N3O4. The average molecular weight is 380 g/mol. The molecule has 27 heavy (non-hydrogen) atoms. The van der Waals surface area contributed by atoms with Crippen molar-refractivity contribution < 1.29 is 19.5 Å². The summed E-state index contributed by atoms with van der Waals surface area (Å²) >= 11 is 0. The van der Waals surface area contributed by atoms with Crippen LogP contribution in [0.1, 0.15) is 41.0 Å². The van der Waals surface area contributed by atoms with Gasteiger partial charge in [-0.05, 0) is 33.1 Å². The quantitative estimate of drug-likeness (QED) is 0.612. The van der Waals surface area contributed by atoms with Crippen LogP contribution in [0.3, 0.4) is 0 Å². The Morgan fingerprint density at radius 1 is 1.26 bits per heavy atom. The number of nitrogens with zero attached hydrogens (tertiary/aromatic N) is 1. The van der Waals surface area contributed by atoms with Gasteiger partial charge in [0.25, 0.3) is 0 Å². The van der Waals surface area contributed by atoms with E-state index in [9.17, 15) is 19.5 Å². The number of hydrogen-bond donors (Lipinski definition) is 3. The summed E-state index contributed by atoms with van der Waals surface area (Å²) < 4.78 is 0. The summed E-state index contributed by atoms with van der Waals surface area (Å²) in [6.07, 6.45) is 4.36. The summed E-state index contributed by atoms with van der Waals surface area (Å²) in [6, 6.07) is -1.18. The van der Waals surface area contributed by atoms with Crippen LogP contribution in [0.15, 0.2) is 12.2 Å². The van der Waals surface area contributed by atoms with Crippen LogP contribution < -0.4 is 10.6 Å². The summed E-state index contributed by atoms with van der Waals surface area (Å²) in [7, 11) is 1.56. The highest BCUT2D eigenvalue weighted by Crippen LogP contribution is 2.45. The van der Waals surface area contributed by atoms with Gasteiger partial charge in [0.05, 0.1) is 24.5 Å². The van der Waals surface area contributed by atoms with Crippen molar-refractivity contribution in [3.8, 4) is 0 Å². The Labute approximate surface area is 161 Å². The van der Waals surface area contributed by atoms with Gasteiger partial charge < -0.3 is 20.6 Å². The largest absolute Gasteiger partial charge is 0.394 e. The van der Waals surface area contributed by atoms with E-state index in [1.807, 2.05) is 46.8 Å². The maximum atomic E-state index is 13.4. The van der Waals surface area contributed by atoms with Crippen LogP contribution in [-0.4, -0.2) is 59.0 Å². The van der Waals surface area contributed by atoms with E-state index in [1.54, 1.807) is 7.05 Å². The molecule has 152 valence electrons. The summed E-state index contributed by atoms with van der Waals surface area (Å²) in [5.74, 6) is -2.27. The van der Waals surface area contributed by atoms with Crippen LogP contribution in [0.5, 0.6) is 0 Å². The third kappa shape index (κ3) is 4.03. The molecule has 3 amide bonds. The van der Waals surface area contributed by atoms with Gasteiger partial charge in [0.1, 0.15) is 6.04 Å². The maximum Gasteiger partial charge on any atom is 0.243 e. The van der Waals surface area contributed by atoms with E-state index in [1.165, 1.54) is 4.90 Å². The van der Waals surface area contributed by atoms with Crippen molar-refractivity contribution >= 4 is 17.7 Å². The number of fused-ring (bicyclic) bond motifs is 1. The van der Waals surface area contributed by atoms with Crippen molar-refractivity contribution in [2.45, 2.75) is 58.7 Å². The predicted molar refractivity (Wildman–Crippen MR) is 103 cm³/mol. The second-order valence-electron chi connectivity index (χ2n) is 8.66. The summed E-state index contributed by atoms with van der Waals surface area (Å²) in [6.45, 7) is 9.24. The monoisotopic (exact) mass is 379 g/mol. The zero-order valence-corrected chi connectivity index (χ0v) is 17.2. The standard InChI is InChI=1S/C20H33N3O4/c1-7-12(10-24)23-16(18(26)22-20(3,4)5)13-9-8-11(2)14(17(25)21-6)15(13)19(23)27/h8-9,11-16,24H,7,10H2,1-6H3,(H,21,25)(H,22,26)/t11-,12+,13+,14-,15+,16+/m1/s1. The first-order chi connectivity index (χ1) is 12.6. The maximum absolute atomic E-state index is 13.4. The van der Waals surface area contributed by atoms with Crippen molar-refractivity contribution in [2.75, 3.05) is 13.7 Å². The van der Waals surface area contributed by atoms with E-state index < -0.39 is 29.5 Å². The highest BCUT2D eigenvalue weighted by atomic mass is 16.3. The van der Waals surface area contributed by atoms with Crippen molar-refractivity contribution in [1.82, 2.24) is 15.5 Å². The lowest BCUT2D eigenvalue weighted by Gasteiger charge is -2.35. The van der Waals surface area contributed by atoms with E-state index >= 15 is 0 Å². The Morgan fingerprint density at radius 2 is 1.89 bits per heavy atom. The molecule has 1 saturated heterocycles. The van der Waals surface area contributed by atoms with Crippen LogP contribution in [0.4, 0.5) is 0 Å². The number of likely N-dealkylation sites (tertiary alicyclic amines) is 1. The first-order valence-corrected chi connectivity index (χ1v) is 9.72. The van der Waals surface area contributed by atoms with E-state index in [0.29, 0.717) is 6.42 Å². The lowest BCUT2D eigenvalue weighted by molar-refractivity contribution is -0.143. The first kappa shape index (κ1) is 21.4. The van der Waals surface area contributed by atoms with Gasteiger partial charge in [-0.2, -0.15) is 0 Å². The highest BCUT2D eigenvalue weighted by Gasteiger charge is 2.57. The minimum absolute atomic E-state index is 0.101. The molecule has 0 aromatic rings. The first-order valence-electron chi connectivity index (χ1n) is 9.72. The number of carbonyl (C=O) groups excluding carboxylic acids is 3. The number of amides is 3. The molecule has 2 rings (SSSR count). The number of carbonyl (C=O) groups is 3. The fraction of sp³-hybridized carbons (Fsp3) is 0.750. The molecule has 1 aliphatic carbocycles. The average Bonchev–Trinajstić information content (AvgIpc) is 2.87. The molecule has 1 fully saturated rings. The van der Waals surface area contributed by atoms with E-state index in [2.05, 4.69) is 10.6 Å². The van der Waals surface area contributed by atoms with Gasteiger partial charge in [-0.15, -0.1) is 0 Å². The van der Waals surface area contributed by atoms with E-state index in [4.69, 9.17) is 0 Å². The number of allylic oxidation sites excluding steroid dienone is 1. The molecule has 0 radical (unpaired) electrons. The number of aliphatic hydroxyl groups is 1. The van der Waals surface area contributed by atoms with Gasteiger partial charge in [-0.25, -0.2) is 0 Å². The summed E-state index contributed by atoms with van der Waals surface area (Å²) in [4.78, 5) is 40.5. The molecule has 0 saturated carbocycles. The number of rotatable bonds is 5. The molecule has 1 heterocycles. The molecule has 0 bridgehead atoms. The lowest BCUT2D eigenvalue weighted by atomic mass is 9.70. The zero-order chi connectivity index (χ0) is 20.5. The third-order valence-electron chi connectivity index (χ3n) is 5.60. The Bertz CT molecular complexity index is 621. The summed E-state index contributed by atoms with van der Waals surface area (Å²) in [5, 5.41) is 15.4. The zero-order valence-electron chi connectivity index (χ0n) is 17.2. The van der Waals surface area contributed by atoms with Crippen LogP contribution in [-0.2, 0) is 14.4 Å². The minimum Gasteiger partial charge on any atom is -0.394 e. The van der Waals surface area contributed by atoms with Crippen molar-refractivity contribution in [2.24, 2.45) is 23.7 Å². The molecule has 0 spiro atoms. The lowest BCUT2D eigenvalue weighted by Crippen LogP contribution is -2.55. The Balaban J connectivity index is 2.51. The van der Waals surface area contributed by atoms with Crippen LogP contribution in [0.25, 0.3) is 0 Å². The van der Waals surface area contributed by atoms with Crippen molar-refractivity contribution in [3.63, 3.8) is 0 Å².